The van der Waals surface area contributed by atoms with Gasteiger partial charge in [-0.1, -0.05) is 19.1 Å². The van der Waals surface area contributed by atoms with Crippen molar-refractivity contribution in [1.29, 1.82) is 0 Å². The largest absolute Gasteiger partial charge is 0.339 e. The van der Waals surface area contributed by atoms with Crippen molar-refractivity contribution in [2.75, 3.05) is 38.0 Å². The molecule has 1 aliphatic heterocycles. The summed E-state index contributed by atoms with van der Waals surface area (Å²) in [5.74, 6) is -0.597. The highest BCUT2D eigenvalue weighted by molar-refractivity contribution is 6.10. The average molecular weight is 345 g/mol. The number of hydrogen-bond acceptors (Lipinski definition) is 4. The molecule has 6 heteroatoms. The minimum atomic E-state index is -1.17. The van der Waals surface area contributed by atoms with Crippen molar-refractivity contribution in [2.24, 2.45) is 5.41 Å². The van der Waals surface area contributed by atoms with E-state index in [1.165, 1.54) is 6.92 Å². The normalized spacial score (nSPS) is 15.8. The second-order valence-corrected chi connectivity index (χ2v) is 6.94. The zero-order valence-electron chi connectivity index (χ0n) is 15.5. The number of likely N-dealkylation sites (N-methyl/N-ethyl adjacent to an activating group) is 1. The maximum Gasteiger partial charge on any atom is 0.239 e. The van der Waals surface area contributed by atoms with Crippen LogP contribution in [-0.4, -0.2) is 60.1 Å². The van der Waals surface area contributed by atoms with Crippen LogP contribution in [-0.2, 0) is 9.59 Å². The summed E-state index contributed by atoms with van der Waals surface area (Å²) in [6, 6.07) is 6.75. The van der Waals surface area contributed by atoms with Gasteiger partial charge in [-0.2, -0.15) is 0 Å². The van der Waals surface area contributed by atoms with E-state index in [0.717, 1.165) is 19.6 Å². The number of ketones is 1. The third-order valence-corrected chi connectivity index (χ3v) is 4.74. The number of carbonyl (C=O) groups excluding carboxylic acids is 3. The fourth-order valence-electron chi connectivity index (χ4n) is 2.86. The highest BCUT2D eigenvalue weighted by Crippen LogP contribution is 2.23. The highest BCUT2D eigenvalue weighted by atomic mass is 16.2. The van der Waals surface area contributed by atoms with Crippen molar-refractivity contribution in [2.45, 2.75) is 27.7 Å². The molecule has 6 nitrogen and oxygen atoms in total. The predicted octanol–water partition coefficient (Wildman–Crippen LogP) is 2.02. The van der Waals surface area contributed by atoms with Gasteiger partial charge in [-0.05, 0) is 39.4 Å². The number of nitrogens with one attached hydrogen (secondary N) is 1. The quantitative estimate of drug-likeness (QED) is 0.655. The summed E-state index contributed by atoms with van der Waals surface area (Å²) in [6.45, 7) is 10.8. The third kappa shape index (κ3) is 4.45. The van der Waals surface area contributed by atoms with E-state index in [1.54, 1.807) is 43.0 Å². The molecule has 1 fully saturated rings. The highest BCUT2D eigenvalue weighted by Gasteiger charge is 2.40. The van der Waals surface area contributed by atoms with E-state index in [0.29, 0.717) is 24.3 Å². The van der Waals surface area contributed by atoms with Gasteiger partial charge >= 0.3 is 0 Å². The van der Waals surface area contributed by atoms with Crippen LogP contribution in [0.5, 0.6) is 0 Å². The lowest BCUT2D eigenvalue weighted by molar-refractivity contribution is -0.147. The van der Waals surface area contributed by atoms with Gasteiger partial charge in [-0.3, -0.25) is 14.4 Å². The van der Waals surface area contributed by atoms with E-state index in [1.807, 2.05) is 0 Å². The van der Waals surface area contributed by atoms with Crippen LogP contribution in [0.1, 0.15) is 38.1 Å². The molecule has 0 spiro atoms. The lowest BCUT2D eigenvalue weighted by atomic mass is 9.89. The van der Waals surface area contributed by atoms with Gasteiger partial charge in [0.05, 0.1) is 0 Å². The molecule has 0 aliphatic carbocycles. The van der Waals surface area contributed by atoms with E-state index in [2.05, 4.69) is 17.1 Å². The molecule has 0 bridgehead atoms. The third-order valence-electron chi connectivity index (χ3n) is 4.74. The number of nitrogens with zero attached hydrogens (tertiary/aromatic N) is 2. The van der Waals surface area contributed by atoms with E-state index < -0.39 is 5.41 Å². The zero-order valence-corrected chi connectivity index (χ0v) is 15.5. The molecule has 25 heavy (non-hydrogen) atoms. The number of anilines is 1. The Morgan fingerprint density at radius 1 is 1.12 bits per heavy atom. The van der Waals surface area contributed by atoms with Gasteiger partial charge in [0.25, 0.3) is 0 Å². The molecule has 0 saturated carbocycles. The molecular formula is C19H27N3O3. The number of benzene rings is 1. The van der Waals surface area contributed by atoms with E-state index in [-0.39, 0.29) is 17.6 Å². The molecule has 0 atom stereocenters. The number of Topliss-reactive ketones (excluding diaryl/α,β-unsaturated/α-hetero) is 1. The first-order valence-electron chi connectivity index (χ1n) is 8.70. The first kappa shape index (κ1) is 19.1. The van der Waals surface area contributed by atoms with Crippen molar-refractivity contribution in [3.63, 3.8) is 0 Å². The van der Waals surface area contributed by atoms with E-state index >= 15 is 0 Å². The van der Waals surface area contributed by atoms with Crippen molar-refractivity contribution < 1.29 is 14.4 Å². The van der Waals surface area contributed by atoms with Crippen LogP contribution in [0.4, 0.5) is 5.69 Å². The van der Waals surface area contributed by atoms with Crippen LogP contribution >= 0.6 is 0 Å². The van der Waals surface area contributed by atoms with Gasteiger partial charge < -0.3 is 15.1 Å². The van der Waals surface area contributed by atoms with Gasteiger partial charge in [0, 0.05) is 37.4 Å². The molecule has 136 valence electrons. The fraction of sp³-hybridized carbons (Fsp3) is 0.526. The lowest BCUT2D eigenvalue weighted by Crippen LogP contribution is -2.54. The molecule has 1 heterocycles. The lowest BCUT2D eigenvalue weighted by Gasteiger charge is -2.37. The number of hydrogen-bond donors (Lipinski definition) is 1. The van der Waals surface area contributed by atoms with Crippen LogP contribution < -0.4 is 5.32 Å². The Morgan fingerprint density at radius 2 is 1.76 bits per heavy atom. The van der Waals surface area contributed by atoms with Crippen molar-refractivity contribution in [1.82, 2.24) is 9.80 Å². The molecule has 1 aromatic carbocycles. The molecule has 1 N–H and O–H groups in total. The van der Waals surface area contributed by atoms with Crippen LogP contribution in [0.3, 0.4) is 0 Å². The first-order chi connectivity index (χ1) is 11.8. The Kier molecular flexibility index (Phi) is 5.95. The van der Waals surface area contributed by atoms with Gasteiger partial charge in [-0.15, -0.1) is 0 Å². The first-order valence-corrected chi connectivity index (χ1v) is 8.70. The summed E-state index contributed by atoms with van der Waals surface area (Å²) in [5, 5.41) is 2.77. The Hall–Kier alpha value is -2.21. The van der Waals surface area contributed by atoms with Crippen molar-refractivity contribution >= 4 is 23.3 Å². The Morgan fingerprint density at radius 3 is 2.32 bits per heavy atom. The second-order valence-electron chi connectivity index (χ2n) is 6.94. The van der Waals surface area contributed by atoms with Crippen LogP contribution in [0.25, 0.3) is 0 Å². The van der Waals surface area contributed by atoms with Gasteiger partial charge in [-0.25, -0.2) is 0 Å². The smallest absolute Gasteiger partial charge is 0.239 e. The van der Waals surface area contributed by atoms with Gasteiger partial charge in [0.1, 0.15) is 5.41 Å². The fourth-order valence-corrected chi connectivity index (χ4v) is 2.86. The summed E-state index contributed by atoms with van der Waals surface area (Å²) in [6.07, 6.45) is 0. The standard InChI is InChI=1S/C19H27N3O3/c1-5-21-9-11-22(12-10-21)18(25)19(3,4)17(24)20-16-8-6-7-15(13-16)14(2)23/h6-8,13H,5,9-12H2,1-4H3,(H,20,24). The minimum Gasteiger partial charge on any atom is -0.339 e. The summed E-state index contributed by atoms with van der Waals surface area (Å²) in [5.41, 5.74) is -0.118. The maximum atomic E-state index is 12.8. The summed E-state index contributed by atoms with van der Waals surface area (Å²) < 4.78 is 0. The SMILES string of the molecule is CCN1CCN(C(=O)C(C)(C)C(=O)Nc2cccc(C(C)=O)c2)CC1. The Bertz CT molecular complexity index is 662. The molecule has 0 unspecified atom stereocenters. The van der Waals surface area contributed by atoms with Crippen LogP contribution in [0, 0.1) is 5.41 Å². The molecule has 0 radical (unpaired) electrons. The van der Waals surface area contributed by atoms with Crippen molar-refractivity contribution in [3.8, 4) is 0 Å². The van der Waals surface area contributed by atoms with Crippen LogP contribution in [0.15, 0.2) is 24.3 Å². The van der Waals surface area contributed by atoms with E-state index in [9.17, 15) is 14.4 Å². The van der Waals surface area contributed by atoms with Gasteiger partial charge in [0.2, 0.25) is 11.8 Å². The summed E-state index contributed by atoms with van der Waals surface area (Å²) >= 11 is 0. The second kappa shape index (κ2) is 7.78. The summed E-state index contributed by atoms with van der Waals surface area (Å²) in [4.78, 5) is 41.0. The van der Waals surface area contributed by atoms with Gasteiger partial charge in [0.15, 0.2) is 5.78 Å². The minimum absolute atomic E-state index is 0.0692. The predicted molar refractivity (Wildman–Crippen MR) is 97.6 cm³/mol. The van der Waals surface area contributed by atoms with E-state index in [4.69, 9.17) is 0 Å². The number of piperazine rings is 1. The Labute approximate surface area is 149 Å². The monoisotopic (exact) mass is 345 g/mol. The number of rotatable bonds is 5. The average Bonchev–Trinajstić information content (AvgIpc) is 2.61. The van der Waals surface area contributed by atoms with Crippen molar-refractivity contribution in [3.05, 3.63) is 29.8 Å². The topological polar surface area (TPSA) is 69.7 Å². The maximum absolute atomic E-state index is 12.8. The molecule has 1 aromatic rings. The molecule has 1 aliphatic rings. The molecule has 1 saturated heterocycles. The molecule has 2 amide bonds. The number of carbonyl (C=O) groups is 3. The summed E-state index contributed by atoms with van der Waals surface area (Å²) in [7, 11) is 0. The Balaban J connectivity index is 2.05. The number of amides is 2. The zero-order chi connectivity index (χ0) is 18.6. The molecule has 0 aromatic heterocycles. The van der Waals surface area contributed by atoms with Crippen LogP contribution in [0.2, 0.25) is 0 Å². The molecular weight excluding hydrogens is 318 g/mol. The molecule has 2 rings (SSSR count).